The smallest absolute Gasteiger partial charge is 0.266 e. The first-order chi connectivity index (χ1) is 13.2. The Morgan fingerprint density at radius 2 is 1.63 bits per heavy atom. The minimum absolute atomic E-state index is 0.0456. The molecule has 0 saturated carbocycles. The van der Waals surface area contributed by atoms with Crippen LogP contribution in [-0.4, -0.2) is 47.3 Å². The Labute approximate surface area is 157 Å². The van der Waals surface area contributed by atoms with Crippen LogP contribution in [0.2, 0.25) is 0 Å². The number of aliphatic hydroxyl groups excluding tert-OH is 2. The van der Waals surface area contributed by atoms with Crippen LogP contribution in [-0.2, 0) is 4.79 Å². The van der Waals surface area contributed by atoms with Crippen molar-refractivity contribution in [2.24, 2.45) is 0 Å². The van der Waals surface area contributed by atoms with E-state index in [0.29, 0.717) is 11.4 Å². The summed E-state index contributed by atoms with van der Waals surface area (Å²) in [5.41, 5.74) is 0.549. The van der Waals surface area contributed by atoms with E-state index in [-0.39, 0.29) is 31.9 Å². The number of amides is 1. The standard InChI is InChI=1S/C20H21N3O4/c21-14-16(20(26)23(10-12-24)11-13-25)15-22-17-6-8-19(9-7-17)27-18-4-2-1-3-5-18/h1-9,15,22,24-25H,10-13H2/b16-15-. The highest BCUT2D eigenvalue weighted by Gasteiger charge is 2.17. The Kier molecular flexibility index (Phi) is 7.85. The maximum Gasteiger partial charge on any atom is 0.266 e. The molecule has 27 heavy (non-hydrogen) atoms. The molecule has 2 aromatic carbocycles. The number of rotatable bonds is 9. The minimum atomic E-state index is -0.558. The zero-order chi connectivity index (χ0) is 19.5. The summed E-state index contributed by atoms with van der Waals surface area (Å²) in [6.45, 7) is -0.407. The van der Waals surface area contributed by atoms with Crippen molar-refractivity contribution < 1.29 is 19.7 Å². The van der Waals surface area contributed by atoms with Gasteiger partial charge in [-0.15, -0.1) is 0 Å². The van der Waals surface area contributed by atoms with Gasteiger partial charge in [0.25, 0.3) is 5.91 Å². The van der Waals surface area contributed by atoms with Crippen molar-refractivity contribution in [2.45, 2.75) is 0 Å². The molecular weight excluding hydrogens is 346 g/mol. The number of carbonyl (C=O) groups is 1. The third-order valence-corrected chi connectivity index (χ3v) is 3.59. The van der Waals surface area contributed by atoms with E-state index in [9.17, 15) is 10.1 Å². The van der Waals surface area contributed by atoms with Crippen LogP contribution >= 0.6 is 0 Å². The maximum absolute atomic E-state index is 12.3. The summed E-state index contributed by atoms with van der Waals surface area (Å²) in [7, 11) is 0. The summed E-state index contributed by atoms with van der Waals surface area (Å²) in [6.07, 6.45) is 1.30. The van der Waals surface area contributed by atoms with Crippen molar-refractivity contribution in [1.29, 1.82) is 5.26 Å². The molecule has 3 N–H and O–H groups in total. The molecule has 0 radical (unpaired) electrons. The van der Waals surface area contributed by atoms with Crippen LogP contribution in [0.4, 0.5) is 5.69 Å². The molecule has 0 heterocycles. The van der Waals surface area contributed by atoms with Crippen LogP contribution in [0.3, 0.4) is 0 Å². The summed E-state index contributed by atoms with van der Waals surface area (Å²) in [5.74, 6) is 0.824. The molecule has 0 atom stereocenters. The van der Waals surface area contributed by atoms with Gasteiger partial charge in [0, 0.05) is 25.0 Å². The van der Waals surface area contributed by atoms with Crippen LogP contribution in [0.1, 0.15) is 0 Å². The van der Waals surface area contributed by atoms with Crippen LogP contribution < -0.4 is 10.1 Å². The molecule has 7 nitrogen and oxygen atoms in total. The summed E-state index contributed by atoms with van der Waals surface area (Å²) < 4.78 is 5.70. The molecule has 140 valence electrons. The number of benzene rings is 2. The van der Waals surface area contributed by atoms with Crippen molar-refractivity contribution in [3.63, 3.8) is 0 Å². The second-order valence-corrected chi connectivity index (χ2v) is 5.49. The normalized spacial score (nSPS) is 10.8. The van der Waals surface area contributed by atoms with Crippen LogP contribution in [0, 0.1) is 11.3 Å². The van der Waals surface area contributed by atoms with Crippen molar-refractivity contribution in [1.82, 2.24) is 4.90 Å². The molecule has 0 aliphatic carbocycles. The van der Waals surface area contributed by atoms with E-state index >= 15 is 0 Å². The van der Waals surface area contributed by atoms with Gasteiger partial charge in [-0.1, -0.05) is 18.2 Å². The Bertz CT molecular complexity index is 792. The summed E-state index contributed by atoms with van der Waals surface area (Å²) in [5, 5.41) is 30.1. The first-order valence-electron chi connectivity index (χ1n) is 8.38. The Morgan fingerprint density at radius 3 is 2.19 bits per heavy atom. The Balaban J connectivity index is 2.02. The van der Waals surface area contributed by atoms with Gasteiger partial charge in [0.15, 0.2) is 0 Å². The second kappa shape index (κ2) is 10.6. The third-order valence-electron chi connectivity index (χ3n) is 3.59. The van der Waals surface area contributed by atoms with E-state index in [1.807, 2.05) is 36.4 Å². The number of hydrogen-bond donors (Lipinski definition) is 3. The zero-order valence-electron chi connectivity index (χ0n) is 14.7. The molecule has 7 heteroatoms. The fourth-order valence-electron chi connectivity index (χ4n) is 2.27. The fourth-order valence-corrected chi connectivity index (χ4v) is 2.27. The van der Waals surface area contributed by atoms with Gasteiger partial charge in [-0.05, 0) is 36.4 Å². The highest BCUT2D eigenvalue weighted by atomic mass is 16.5. The third kappa shape index (κ3) is 6.15. The highest BCUT2D eigenvalue weighted by Crippen LogP contribution is 2.22. The molecule has 0 bridgehead atoms. The lowest BCUT2D eigenvalue weighted by molar-refractivity contribution is -0.127. The molecule has 2 rings (SSSR count). The van der Waals surface area contributed by atoms with Gasteiger partial charge in [-0.3, -0.25) is 4.79 Å². The first kappa shape index (κ1) is 20.0. The van der Waals surface area contributed by atoms with Gasteiger partial charge in [-0.2, -0.15) is 5.26 Å². The van der Waals surface area contributed by atoms with E-state index in [0.717, 1.165) is 5.75 Å². The number of nitrogens with zero attached hydrogens (tertiary/aromatic N) is 2. The van der Waals surface area contributed by atoms with E-state index in [1.54, 1.807) is 24.3 Å². The predicted octanol–water partition coefficient (Wildman–Crippen LogP) is 2.11. The Hall–Kier alpha value is -3.34. The van der Waals surface area contributed by atoms with Crippen molar-refractivity contribution in [3.8, 4) is 17.6 Å². The fraction of sp³-hybridized carbons (Fsp3) is 0.200. The monoisotopic (exact) mass is 367 g/mol. The molecule has 0 unspecified atom stereocenters. The van der Waals surface area contributed by atoms with Gasteiger partial charge in [0.1, 0.15) is 23.1 Å². The molecule has 1 amide bonds. The molecule has 0 saturated heterocycles. The molecule has 0 aliphatic rings. The maximum atomic E-state index is 12.3. The lowest BCUT2D eigenvalue weighted by Crippen LogP contribution is -2.36. The van der Waals surface area contributed by atoms with Crippen LogP contribution in [0.15, 0.2) is 66.4 Å². The van der Waals surface area contributed by atoms with Gasteiger partial charge < -0.3 is 25.2 Å². The molecular formula is C20H21N3O4. The highest BCUT2D eigenvalue weighted by molar-refractivity contribution is 5.97. The van der Waals surface area contributed by atoms with E-state index in [4.69, 9.17) is 14.9 Å². The molecule has 2 aromatic rings. The lowest BCUT2D eigenvalue weighted by Gasteiger charge is -2.20. The second-order valence-electron chi connectivity index (χ2n) is 5.49. The topological polar surface area (TPSA) is 106 Å². The number of ether oxygens (including phenoxy) is 1. The van der Waals surface area contributed by atoms with Gasteiger partial charge in [0.2, 0.25) is 0 Å². The number of hydrogen-bond acceptors (Lipinski definition) is 6. The van der Waals surface area contributed by atoms with Crippen LogP contribution in [0.25, 0.3) is 0 Å². The van der Waals surface area contributed by atoms with Gasteiger partial charge >= 0.3 is 0 Å². The Morgan fingerprint density at radius 1 is 1.04 bits per heavy atom. The summed E-state index contributed by atoms with van der Waals surface area (Å²) >= 11 is 0. The largest absolute Gasteiger partial charge is 0.457 e. The van der Waals surface area contributed by atoms with E-state index in [2.05, 4.69) is 5.32 Å². The minimum Gasteiger partial charge on any atom is -0.457 e. The quantitative estimate of drug-likeness (QED) is 0.463. The zero-order valence-corrected chi connectivity index (χ0v) is 14.7. The van der Waals surface area contributed by atoms with Gasteiger partial charge in [-0.25, -0.2) is 0 Å². The first-order valence-corrected chi connectivity index (χ1v) is 8.38. The van der Waals surface area contributed by atoms with Crippen molar-refractivity contribution in [3.05, 3.63) is 66.4 Å². The number of aliphatic hydroxyl groups is 2. The average Bonchev–Trinajstić information content (AvgIpc) is 2.70. The number of carbonyl (C=O) groups excluding carboxylic acids is 1. The predicted molar refractivity (Wildman–Crippen MR) is 101 cm³/mol. The molecule has 0 spiro atoms. The van der Waals surface area contributed by atoms with Crippen molar-refractivity contribution >= 4 is 11.6 Å². The molecule has 0 fully saturated rings. The average molecular weight is 367 g/mol. The number of nitriles is 1. The van der Waals surface area contributed by atoms with Crippen molar-refractivity contribution in [2.75, 3.05) is 31.6 Å². The summed E-state index contributed by atoms with van der Waals surface area (Å²) in [6, 6.07) is 18.2. The van der Waals surface area contributed by atoms with Gasteiger partial charge in [0.05, 0.1) is 13.2 Å². The molecule has 0 aromatic heterocycles. The number of para-hydroxylation sites is 1. The lowest BCUT2D eigenvalue weighted by atomic mass is 10.2. The van der Waals surface area contributed by atoms with E-state index in [1.165, 1.54) is 11.1 Å². The van der Waals surface area contributed by atoms with E-state index < -0.39 is 5.91 Å². The summed E-state index contributed by atoms with van der Waals surface area (Å²) in [4.78, 5) is 13.5. The van der Waals surface area contributed by atoms with Crippen LogP contribution in [0.5, 0.6) is 11.5 Å². The number of anilines is 1. The number of nitrogens with one attached hydrogen (secondary N) is 1. The SMILES string of the molecule is N#C/C(=C/Nc1ccc(Oc2ccccc2)cc1)C(=O)N(CCO)CCO. The molecule has 0 aliphatic heterocycles.